The fourth-order valence-electron chi connectivity index (χ4n) is 2.13. The Bertz CT molecular complexity index is 447. The molecule has 1 aliphatic carbocycles. The van der Waals surface area contributed by atoms with E-state index in [1.54, 1.807) is 0 Å². The number of hydrogen-bond donors (Lipinski definition) is 3. The number of aromatic amines is 1. The first-order valence-corrected chi connectivity index (χ1v) is 5.90. The van der Waals surface area contributed by atoms with Gasteiger partial charge >= 0.3 is 0 Å². The third-order valence-corrected chi connectivity index (χ3v) is 3.17. The van der Waals surface area contributed by atoms with Crippen LogP contribution in [0.5, 0.6) is 0 Å². The summed E-state index contributed by atoms with van der Waals surface area (Å²) >= 11 is 0. The van der Waals surface area contributed by atoms with Gasteiger partial charge in [-0.15, -0.1) is 0 Å². The normalized spacial score (nSPS) is 24.3. The maximum absolute atomic E-state index is 11.9. The van der Waals surface area contributed by atoms with Gasteiger partial charge in [0.25, 0.3) is 0 Å². The van der Waals surface area contributed by atoms with Crippen molar-refractivity contribution in [3.05, 3.63) is 28.6 Å². The first-order chi connectivity index (χ1) is 8.15. The van der Waals surface area contributed by atoms with Crippen molar-refractivity contribution in [2.75, 3.05) is 5.32 Å². The van der Waals surface area contributed by atoms with Crippen LogP contribution >= 0.6 is 0 Å². The smallest absolute Gasteiger partial charge is 0.228 e. The number of aromatic nitrogens is 1. The summed E-state index contributed by atoms with van der Waals surface area (Å²) in [6, 6.07) is 3.03. The van der Waals surface area contributed by atoms with Crippen molar-refractivity contribution >= 4 is 11.7 Å². The van der Waals surface area contributed by atoms with E-state index in [0.29, 0.717) is 5.82 Å². The molecule has 0 saturated heterocycles. The summed E-state index contributed by atoms with van der Waals surface area (Å²) in [5, 5.41) is 2.73. The van der Waals surface area contributed by atoms with Crippen molar-refractivity contribution in [2.24, 2.45) is 11.7 Å². The van der Waals surface area contributed by atoms with E-state index in [0.717, 1.165) is 25.7 Å². The lowest BCUT2D eigenvalue weighted by Crippen LogP contribution is -2.32. The predicted molar refractivity (Wildman–Crippen MR) is 65.6 cm³/mol. The molecule has 1 heterocycles. The van der Waals surface area contributed by atoms with Crippen LogP contribution in [0.3, 0.4) is 0 Å². The quantitative estimate of drug-likeness (QED) is 0.709. The Labute approximate surface area is 99.4 Å². The lowest BCUT2D eigenvalue weighted by Gasteiger charge is -2.24. The molecule has 2 rings (SSSR count). The summed E-state index contributed by atoms with van der Waals surface area (Å²) in [5.74, 6) is 0.439. The predicted octanol–water partition coefficient (Wildman–Crippen LogP) is 0.831. The molecular formula is C12H17N3O2. The molecular weight excluding hydrogens is 218 g/mol. The van der Waals surface area contributed by atoms with Crippen molar-refractivity contribution in [3.63, 3.8) is 0 Å². The van der Waals surface area contributed by atoms with Gasteiger partial charge in [-0.1, -0.05) is 0 Å². The third kappa shape index (κ3) is 3.17. The lowest BCUT2D eigenvalue weighted by molar-refractivity contribution is -0.120. The zero-order chi connectivity index (χ0) is 12.3. The van der Waals surface area contributed by atoms with Crippen LogP contribution in [-0.2, 0) is 4.79 Å². The SMILES string of the molecule is NC1CCC(C(=O)Nc2cc(=O)cc[nH]2)CC1. The standard InChI is InChI=1S/C12H17N3O2/c13-9-3-1-8(2-4-9)12(17)15-11-7-10(16)5-6-14-11/h5-9H,1-4,13H2,(H2,14,15,16,17). The highest BCUT2D eigenvalue weighted by molar-refractivity contribution is 5.91. The molecule has 1 aromatic heterocycles. The van der Waals surface area contributed by atoms with Crippen LogP contribution in [-0.4, -0.2) is 16.9 Å². The molecule has 0 radical (unpaired) electrons. The van der Waals surface area contributed by atoms with Gasteiger partial charge in [0.1, 0.15) is 5.82 Å². The molecule has 1 aliphatic rings. The van der Waals surface area contributed by atoms with Gasteiger partial charge in [-0.05, 0) is 25.7 Å². The summed E-state index contributed by atoms with van der Waals surface area (Å²) in [5.41, 5.74) is 5.67. The van der Waals surface area contributed by atoms with Gasteiger partial charge < -0.3 is 16.0 Å². The molecule has 0 bridgehead atoms. The second-order valence-electron chi connectivity index (χ2n) is 4.54. The van der Waals surface area contributed by atoms with Gasteiger partial charge in [0.2, 0.25) is 5.91 Å². The Morgan fingerprint density at radius 3 is 2.71 bits per heavy atom. The van der Waals surface area contributed by atoms with Crippen molar-refractivity contribution in [3.8, 4) is 0 Å². The molecule has 1 aromatic rings. The fraction of sp³-hybridized carbons (Fsp3) is 0.500. The number of nitrogens with one attached hydrogen (secondary N) is 2. The molecule has 1 saturated carbocycles. The average Bonchev–Trinajstić information content (AvgIpc) is 2.29. The number of carbonyl (C=O) groups excluding carboxylic acids is 1. The summed E-state index contributed by atoms with van der Waals surface area (Å²) in [6.07, 6.45) is 4.95. The number of rotatable bonds is 2. The number of pyridine rings is 1. The van der Waals surface area contributed by atoms with E-state index in [9.17, 15) is 9.59 Å². The van der Waals surface area contributed by atoms with Crippen LogP contribution in [0.2, 0.25) is 0 Å². The fourth-order valence-corrected chi connectivity index (χ4v) is 2.13. The zero-order valence-electron chi connectivity index (χ0n) is 9.61. The van der Waals surface area contributed by atoms with Gasteiger partial charge in [0.15, 0.2) is 5.43 Å². The molecule has 0 aliphatic heterocycles. The van der Waals surface area contributed by atoms with E-state index in [1.807, 2.05) is 0 Å². The second-order valence-corrected chi connectivity index (χ2v) is 4.54. The topological polar surface area (TPSA) is 88.0 Å². The van der Waals surface area contributed by atoms with Crippen LogP contribution < -0.4 is 16.5 Å². The van der Waals surface area contributed by atoms with Crippen LogP contribution in [0.15, 0.2) is 23.1 Å². The maximum Gasteiger partial charge on any atom is 0.228 e. The molecule has 92 valence electrons. The van der Waals surface area contributed by atoms with Gasteiger partial charge in [-0.25, -0.2) is 0 Å². The molecule has 5 heteroatoms. The van der Waals surface area contributed by atoms with E-state index in [4.69, 9.17) is 5.73 Å². The Morgan fingerprint density at radius 2 is 2.06 bits per heavy atom. The molecule has 5 nitrogen and oxygen atoms in total. The number of hydrogen-bond acceptors (Lipinski definition) is 3. The molecule has 0 spiro atoms. The molecule has 1 amide bonds. The van der Waals surface area contributed by atoms with E-state index < -0.39 is 0 Å². The molecule has 17 heavy (non-hydrogen) atoms. The molecule has 0 aromatic carbocycles. The summed E-state index contributed by atoms with van der Waals surface area (Å²) in [6.45, 7) is 0. The van der Waals surface area contributed by atoms with E-state index >= 15 is 0 Å². The van der Waals surface area contributed by atoms with Gasteiger partial charge in [0, 0.05) is 30.3 Å². The monoisotopic (exact) mass is 235 g/mol. The lowest BCUT2D eigenvalue weighted by atomic mass is 9.86. The summed E-state index contributed by atoms with van der Waals surface area (Å²) in [7, 11) is 0. The molecule has 0 atom stereocenters. The Hall–Kier alpha value is -1.62. The minimum Gasteiger partial charge on any atom is -0.348 e. The number of amides is 1. The minimum absolute atomic E-state index is 0.0125. The van der Waals surface area contributed by atoms with Gasteiger partial charge in [0.05, 0.1) is 0 Å². The molecule has 4 N–H and O–H groups in total. The van der Waals surface area contributed by atoms with Crippen molar-refractivity contribution < 1.29 is 4.79 Å². The van der Waals surface area contributed by atoms with E-state index in [1.165, 1.54) is 18.3 Å². The van der Waals surface area contributed by atoms with Gasteiger partial charge in [-0.2, -0.15) is 0 Å². The number of nitrogens with two attached hydrogens (primary N) is 1. The highest BCUT2D eigenvalue weighted by atomic mass is 16.2. The minimum atomic E-state index is -0.121. The van der Waals surface area contributed by atoms with Crippen molar-refractivity contribution in [1.82, 2.24) is 4.98 Å². The van der Waals surface area contributed by atoms with Crippen LogP contribution in [0, 0.1) is 5.92 Å². The summed E-state index contributed by atoms with van der Waals surface area (Å²) in [4.78, 5) is 25.8. The Kier molecular flexibility index (Phi) is 3.58. The van der Waals surface area contributed by atoms with Crippen molar-refractivity contribution in [2.45, 2.75) is 31.7 Å². The average molecular weight is 235 g/mol. The van der Waals surface area contributed by atoms with Gasteiger partial charge in [-0.3, -0.25) is 9.59 Å². The summed E-state index contributed by atoms with van der Waals surface area (Å²) < 4.78 is 0. The Balaban J connectivity index is 1.95. The number of anilines is 1. The third-order valence-electron chi connectivity index (χ3n) is 3.17. The largest absolute Gasteiger partial charge is 0.348 e. The maximum atomic E-state index is 11.9. The van der Waals surface area contributed by atoms with Crippen LogP contribution in [0.1, 0.15) is 25.7 Å². The van der Waals surface area contributed by atoms with E-state index in [2.05, 4.69) is 10.3 Å². The van der Waals surface area contributed by atoms with Crippen LogP contribution in [0.25, 0.3) is 0 Å². The molecule has 0 unspecified atom stereocenters. The van der Waals surface area contributed by atoms with Crippen molar-refractivity contribution in [1.29, 1.82) is 0 Å². The number of carbonyl (C=O) groups is 1. The Morgan fingerprint density at radius 1 is 1.35 bits per heavy atom. The highest BCUT2D eigenvalue weighted by Gasteiger charge is 2.24. The highest BCUT2D eigenvalue weighted by Crippen LogP contribution is 2.24. The number of H-pyrrole nitrogens is 1. The first-order valence-electron chi connectivity index (χ1n) is 5.90. The van der Waals surface area contributed by atoms with Crippen LogP contribution in [0.4, 0.5) is 5.82 Å². The second kappa shape index (κ2) is 5.14. The van der Waals surface area contributed by atoms with E-state index in [-0.39, 0.29) is 23.3 Å². The first kappa shape index (κ1) is 11.9. The zero-order valence-corrected chi connectivity index (χ0v) is 9.61. The molecule has 1 fully saturated rings.